The van der Waals surface area contributed by atoms with Crippen LogP contribution in [0.2, 0.25) is 0 Å². The summed E-state index contributed by atoms with van der Waals surface area (Å²) in [5.41, 5.74) is 3.49. The average molecular weight is 417 g/mol. The van der Waals surface area contributed by atoms with Crippen molar-refractivity contribution < 1.29 is 15.3 Å². The number of rotatable bonds is 6. The molecule has 170 valence electrons. The van der Waals surface area contributed by atoms with Gasteiger partial charge in [0.05, 0.1) is 17.8 Å². The first-order valence-electron chi connectivity index (χ1n) is 12.2. The Kier molecular flexibility index (Phi) is 7.37. The van der Waals surface area contributed by atoms with Crippen LogP contribution >= 0.6 is 0 Å². The minimum Gasteiger partial charge on any atom is -0.393 e. The molecular formula is C27H44O3. The lowest BCUT2D eigenvalue weighted by Gasteiger charge is -2.44. The molecule has 6 atom stereocenters. The Morgan fingerprint density at radius 1 is 1.20 bits per heavy atom. The molecule has 3 aliphatic carbocycles. The summed E-state index contributed by atoms with van der Waals surface area (Å²) in [5, 5.41) is 30.6. The van der Waals surface area contributed by atoms with Crippen molar-refractivity contribution in [3.05, 3.63) is 35.5 Å². The number of allylic oxidation sites excluding steroid dienone is 4. The molecule has 6 unspecified atom stereocenters. The molecule has 30 heavy (non-hydrogen) atoms. The zero-order valence-corrected chi connectivity index (χ0v) is 19.7. The maximum atomic E-state index is 10.5. The Morgan fingerprint density at radius 2 is 1.93 bits per heavy atom. The van der Waals surface area contributed by atoms with Crippen LogP contribution in [0, 0.1) is 23.2 Å². The van der Waals surface area contributed by atoms with E-state index in [-0.39, 0.29) is 6.10 Å². The van der Waals surface area contributed by atoms with Crippen molar-refractivity contribution in [2.45, 2.75) is 110 Å². The van der Waals surface area contributed by atoms with Gasteiger partial charge in [0.25, 0.3) is 0 Å². The highest BCUT2D eigenvalue weighted by Crippen LogP contribution is 2.60. The number of hydrogen-bond donors (Lipinski definition) is 3. The van der Waals surface area contributed by atoms with Gasteiger partial charge in [-0.15, -0.1) is 0 Å². The van der Waals surface area contributed by atoms with Gasteiger partial charge in [0.15, 0.2) is 0 Å². The monoisotopic (exact) mass is 416 g/mol. The van der Waals surface area contributed by atoms with Gasteiger partial charge in [-0.3, -0.25) is 0 Å². The molecule has 3 aliphatic rings. The SMILES string of the molecule is C=C1CCC(O)C/C1=C/C=C1\CCCC2(C)C1CCC2C(C)CC(O)CC(C)(C)O. The highest BCUT2D eigenvalue weighted by Gasteiger charge is 2.50. The summed E-state index contributed by atoms with van der Waals surface area (Å²) in [6.07, 6.45) is 13.8. The molecule has 0 aromatic carbocycles. The molecule has 0 aromatic heterocycles. The second kappa shape index (κ2) is 9.30. The molecule has 0 aliphatic heterocycles. The predicted octanol–water partition coefficient (Wildman–Crippen LogP) is 5.70. The third-order valence-electron chi connectivity index (χ3n) is 8.29. The molecule has 0 heterocycles. The standard InChI is InChI=1S/C27H44O3/c1-18-8-11-22(28)16-21(18)10-9-20-7-6-14-27(5)24(12-13-25(20)27)19(2)15-23(29)17-26(3,4)30/h9-10,19,22-25,28-30H,1,6-8,11-17H2,2-5H3/b20-9+,21-10-. The first-order chi connectivity index (χ1) is 14.0. The van der Waals surface area contributed by atoms with Gasteiger partial charge in [0.2, 0.25) is 0 Å². The number of fused-ring (bicyclic) bond motifs is 1. The number of aliphatic hydroxyl groups excluding tert-OH is 2. The minimum absolute atomic E-state index is 0.219. The highest BCUT2D eigenvalue weighted by molar-refractivity contribution is 5.36. The molecular weight excluding hydrogens is 372 g/mol. The highest BCUT2D eigenvalue weighted by atomic mass is 16.3. The molecule has 0 bridgehead atoms. The van der Waals surface area contributed by atoms with Crippen LogP contribution in [0.15, 0.2) is 35.5 Å². The summed E-state index contributed by atoms with van der Waals surface area (Å²) < 4.78 is 0. The Morgan fingerprint density at radius 3 is 2.63 bits per heavy atom. The lowest BCUT2D eigenvalue weighted by Crippen LogP contribution is -2.37. The largest absolute Gasteiger partial charge is 0.393 e. The summed E-state index contributed by atoms with van der Waals surface area (Å²) in [5.74, 6) is 1.72. The van der Waals surface area contributed by atoms with Crippen molar-refractivity contribution in [2.75, 3.05) is 0 Å². The van der Waals surface area contributed by atoms with Gasteiger partial charge in [-0.05, 0) is 100 Å². The van der Waals surface area contributed by atoms with Crippen LogP contribution in [0.5, 0.6) is 0 Å². The van der Waals surface area contributed by atoms with Crippen LogP contribution < -0.4 is 0 Å². The second-order valence-electron chi connectivity index (χ2n) is 11.4. The predicted molar refractivity (Wildman–Crippen MR) is 124 cm³/mol. The lowest BCUT2D eigenvalue weighted by molar-refractivity contribution is 0.000134. The Balaban J connectivity index is 1.71. The maximum absolute atomic E-state index is 10.5. The smallest absolute Gasteiger partial charge is 0.0616 e. The van der Waals surface area contributed by atoms with Gasteiger partial charge in [0.1, 0.15) is 0 Å². The van der Waals surface area contributed by atoms with E-state index < -0.39 is 11.7 Å². The van der Waals surface area contributed by atoms with Crippen molar-refractivity contribution in [3.63, 3.8) is 0 Å². The van der Waals surface area contributed by atoms with E-state index in [4.69, 9.17) is 0 Å². The first-order valence-corrected chi connectivity index (χ1v) is 12.2. The van der Waals surface area contributed by atoms with E-state index in [0.29, 0.717) is 29.6 Å². The van der Waals surface area contributed by atoms with Crippen molar-refractivity contribution in [1.82, 2.24) is 0 Å². The molecule has 3 rings (SSSR count). The van der Waals surface area contributed by atoms with Gasteiger partial charge in [-0.25, -0.2) is 0 Å². The van der Waals surface area contributed by atoms with Gasteiger partial charge < -0.3 is 15.3 Å². The first kappa shape index (κ1) is 23.8. The molecule has 0 radical (unpaired) electrons. The third kappa shape index (κ3) is 5.47. The van der Waals surface area contributed by atoms with Crippen molar-refractivity contribution in [2.24, 2.45) is 23.2 Å². The van der Waals surface area contributed by atoms with E-state index >= 15 is 0 Å². The van der Waals surface area contributed by atoms with E-state index in [1.54, 1.807) is 19.4 Å². The maximum Gasteiger partial charge on any atom is 0.0616 e. The van der Waals surface area contributed by atoms with E-state index in [1.165, 1.54) is 43.3 Å². The minimum atomic E-state index is -0.813. The van der Waals surface area contributed by atoms with Crippen molar-refractivity contribution in [1.29, 1.82) is 0 Å². The van der Waals surface area contributed by atoms with Crippen molar-refractivity contribution >= 4 is 0 Å². The lowest BCUT2D eigenvalue weighted by atomic mass is 9.60. The van der Waals surface area contributed by atoms with Gasteiger partial charge in [0, 0.05) is 6.42 Å². The average Bonchev–Trinajstić information content (AvgIpc) is 2.98. The molecule has 0 amide bonds. The fraction of sp³-hybridized carbons (Fsp3) is 0.778. The number of hydrogen-bond acceptors (Lipinski definition) is 3. The van der Waals surface area contributed by atoms with Crippen LogP contribution in [0.1, 0.15) is 91.9 Å². The van der Waals surface area contributed by atoms with Crippen LogP contribution in [0.25, 0.3) is 0 Å². The zero-order valence-electron chi connectivity index (χ0n) is 19.7. The zero-order chi connectivity index (χ0) is 22.1. The van der Waals surface area contributed by atoms with Gasteiger partial charge in [-0.2, -0.15) is 0 Å². The molecule has 0 aromatic rings. The molecule has 3 fully saturated rings. The van der Waals surface area contributed by atoms with Crippen molar-refractivity contribution in [3.8, 4) is 0 Å². The summed E-state index contributed by atoms with van der Waals surface area (Å²) in [6.45, 7) is 12.6. The van der Waals surface area contributed by atoms with E-state index in [1.807, 2.05) is 0 Å². The van der Waals surface area contributed by atoms with Crippen LogP contribution in [0.4, 0.5) is 0 Å². The summed E-state index contributed by atoms with van der Waals surface area (Å²) in [4.78, 5) is 0. The molecule has 3 saturated carbocycles. The fourth-order valence-corrected chi connectivity index (χ4v) is 6.86. The van der Waals surface area contributed by atoms with Crippen LogP contribution in [-0.2, 0) is 0 Å². The fourth-order valence-electron chi connectivity index (χ4n) is 6.86. The third-order valence-corrected chi connectivity index (χ3v) is 8.29. The summed E-state index contributed by atoms with van der Waals surface area (Å²) >= 11 is 0. The quantitative estimate of drug-likeness (QED) is 0.520. The Hall–Kier alpha value is -0.900. The van der Waals surface area contributed by atoms with E-state index in [9.17, 15) is 15.3 Å². The molecule has 0 spiro atoms. The molecule has 3 heteroatoms. The summed E-state index contributed by atoms with van der Waals surface area (Å²) in [6, 6.07) is 0. The molecule has 0 saturated heterocycles. The Bertz CT molecular complexity index is 683. The van der Waals surface area contributed by atoms with E-state index in [2.05, 4.69) is 32.6 Å². The topological polar surface area (TPSA) is 60.7 Å². The molecule has 3 N–H and O–H groups in total. The Labute approximate surface area is 184 Å². The summed E-state index contributed by atoms with van der Waals surface area (Å²) in [7, 11) is 0. The second-order valence-corrected chi connectivity index (χ2v) is 11.4. The van der Waals surface area contributed by atoms with Gasteiger partial charge >= 0.3 is 0 Å². The van der Waals surface area contributed by atoms with Crippen LogP contribution in [0.3, 0.4) is 0 Å². The van der Waals surface area contributed by atoms with E-state index in [0.717, 1.165) is 25.7 Å². The molecule has 3 nitrogen and oxygen atoms in total. The normalized spacial score (nSPS) is 37.4. The van der Waals surface area contributed by atoms with Crippen LogP contribution in [-0.4, -0.2) is 33.1 Å². The van der Waals surface area contributed by atoms with Gasteiger partial charge in [-0.1, -0.05) is 43.7 Å². The number of aliphatic hydroxyl groups is 3.